The highest BCUT2D eigenvalue weighted by molar-refractivity contribution is 5.21. The molecule has 5 nitrogen and oxygen atoms in total. The van der Waals surface area contributed by atoms with Crippen LogP contribution in [0.2, 0.25) is 0 Å². The van der Waals surface area contributed by atoms with Crippen LogP contribution in [0.25, 0.3) is 0 Å². The number of rotatable bonds is 4. The van der Waals surface area contributed by atoms with E-state index < -0.39 is 0 Å². The van der Waals surface area contributed by atoms with Crippen molar-refractivity contribution in [3.05, 3.63) is 41.5 Å². The Hall–Kier alpha value is -1.82. The van der Waals surface area contributed by atoms with Crippen molar-refractivity contribution in [2.24, 2.45) is 0 Å². The third-order valence-electron chi connectivity index (χ3n) is 3.06. The van der Waals surface area contributed by atoms with Crippen molar-refractivity contribution in [1.29, 1.82) is 0 Å². The van der Waals surface area contributed by atoms with Gasteiger partial charge in [0.05, 0.1) is 12.1 Å². The molecule has 0 aliphatic heterocycles. The molecule has 0 aliphatic rings. The van der Waals surface area contributed by atoms with E-state index in [1.54, 1.807) is 22.9 Å². The summed E-state index contributed by atoms with van der Waals surface area (Å²) in [6, 6.07) is 6.43. The average molecular weight is 249 g/mol. The molecule has 6 heteroatoms. The van der Waals surface area contributed by atoms with Crippen molar-refractivity contribution in [2.75, 3.05) is 7.05 Å². The number of halogens is 1. The van der Waals surface area contributed by atoms with Crippen molar-refractivity contribution in [1.82, 2.24) is 25.5 Å². The van der Waals surface area contributed by atoms with Crippen LogP contribution in [0.5, 0.6) is 0 Å². The highest BCUT2D eigenvalue weighted by atomic mass is 19.1. The zero-order valence-corrected chi connectivity index (χ0v) is 10.6. The number of aromatic nitrogens is 4. The molecule has 0 radical (unpaired) electrons. The summed E-state index contributed by atoms with van der Waals surface area (Å²) in [5, 5.41) is 14.7. The lowest BCUT2D eigenvalue weighted by Crippen LogP contribution is -2.21. The summed E-state index contributed by atoms with van der Waals surface area (Å²) in [6.07, 6.45) is 0. The maximum atomic E-state index is 13.7. The summed E-state index contributed by atoms with van der Waals surface area (Å²) in [6.45, 7) is 3.83. The van der Waals surface area contributed by atoms with Crippen LogP contribution in [0.3, 0.4) is 0 Å². The molecule has 1 aromatic carbocycles. The van der Waals surface area contributed by atoms with Crippen molar-refractivity contribution in [3.8, 4) is 0 Å². The van der Waals surface area contributed by atoms with Gasteiger partial charge in [-0.25, -0.2) is 9.07 Å². The van der Waals surface area contributed by atoms with E-state index in [9.17, 15) is 4.39 Å². The molecule has 18 heavy (non-hydrogen) atoms. The minimum Gasteiger partial charge on any atom is -0.311 e. The Morgan fingerprint density at radius 3 is 2.67 bits per heavy atom. The second-order valence-corrected chi connectivity index (χ2v) is 4.19. The van der Waals surface area contributed by atoms with Crippen molar-refractivity contribution < 1.29 is 4.39 Å². The maximum absolute atomic E-state index is 13.7. The van der Waals surface area contributed by atoms with Crippen LogP contribution >= 0.6 is 0 Å². The first kappa shape index (κ1) is 12.6. The van der Waals surface area contributed by atoms with Crippen molar-refractivity contribution in [3.63, 3.8) is 0 Å². The van der Waals surface area contributed by atoms with Crippen LogP contribution in [-0.4, -0.2) is 27.3 Å². The number of hydrogen-bond donors (Lipinski definition) is 1. The van der Waals surface area contributed by atoms with Gasteiger partial charge in [0.25, 0.3) is 0 Å². The van der Waals surface area contributed by atoms with Gasteiger partial charge < -0.3 is 5.32 Å². The van der Waals surface area contributed by atoms with E-state index in [2.05, 4.69) is 20.8 Å². The quantitative estimate of drug-likeness (QED) is 0.896. The molecule has 1 N–H and O–H groups in total. The Balaban J connectivity index is 2.38. The van der Waals surface area contributed by atoms with E-state index in [0.717, 1.165) is 0 Å². The van der Waals surface area contributed by atoms with E-state index in [1.165, 1.54) is 6.07 Å². The van der Waals surface area contributed by atoms with Crippen LogP contribution in [0.15, 0.2) is 24.3 Å². The lowest BCUT2D eigenvalue weighted by atomic mass is 10.1. The van der Waals surface area contributed by atoms with Gasteiger partial charge in [0.1, 0.15) is 5.82 Å². The molecule has 1 aromatic heterocycles. The Bertz CT molecular complexity index is 525. The maximum Gasteiger partial charge on any atom is 0.168 e. The fraction of sp³-hybridized carbons (Fsp3) is 0.417. The predicted molar refractivity (Wildman–Crippen MR) is 65.5 cm³/mol. The normalized spacial score (nSPS) is 14.4. The fourth-order valence-corrected chi connectivity index (χ4v) is 1.84. The first-order valence-corrected chi connectivity index (χ1v) is 5.84. The number of hydrogen-bond acceptors (Lipinski definition) is 4. The standard InChI is InChI=1S/C12H16FN5/c1-8(14-3)12-15-16-17-18(12)9(2)10-6-4-5-7-11(10)13/h4-9,14H,1-3H3. The van der Waals surface area contributed by atoms with Crippen molar-refractivity contribution >= 4 is 0 Å². The topological polar surface area (TPSA) is 55.6 Å². The molecule has 0 saturated heterocycles. The third kappa shape index (κ3) is 2.24. The Morgan fingerprint density at radius 1 is 1.28 bits per heavy atom. The van der Waals surface area contributed by atoms with Gasteiger partial charge in [0.15, 0.2) is 5.82 Å². The molecule has 0 bridgehead atoms. The first-order chi connectivity index (χ1) is 8.65. The van der Waals surface area contributed by atoms with E-state index in [1.807, 2.05) is 20.9 Å². The van der Waals surface area contributed by atoms with Gasteiger partial charge in [-0.1, -0.05) is 18.2 Å². The van der Waals surface area contributed by atoms with Crippen molar-refractivity contribution in [2.45, 2.75) is 25.9 Å². The molecule has 1 heterocycles. The molecule has 0 saturated carbocycles. The zero-order valence-electron chi connectivity index (χ0n) is 10.6. The minimum absolute atomic E-state index is 0.00854. The van der Waals surface area contributed by atoms with E-state index in [4.69, 9.17) is 0 Å². The lowest BCUT2D eigenvalue weighted by Gasteiger charge is -2.17. The first-order valence-electron chi connectivity index (χ1n) is 5.84. The zero-order chi connectivity index (χ0) is 13.1. The molecule has 96 valence electrons. The second-order valence-electron chi connectivity index (χ2n) is 4.19. The molecule has 0 amide bonds. The fourth-order valence-electron chi connectivity index (χ4n) is 1.84. The molecule has 2 atom stereocenters. The van der Waals surface area contributed by atoms with Gasteiger partial charge >= 0.3 is 0 Å². The number of benzene rings is 1. The van der Waals surface area contributed by atoms with E-state index in [0.29, 0.717) is 11.4 Å². The van der Waals surface area contributed by atoms with Gasteiger partial charge in [-0.2, -0.15) is 0 Å². The minimum atomic E-state index is -0.247. The summed E-state index contributed by atoms with van der Waals surface area (Å²) < 4.78 is 15.4. The van der Waals surface area contributed by atoms with E-state index >= 15 is 0 Å². The Kier molecular flexibility index (Phi) is 3.66. The summed E-state index contributed by atoms with van der Waals surface area (Å²) in [5.41, 5.74) is 0.578. The van der Waals surface area contributed by atoms with Gasteiger partial charge in [0, 0.05) is 5.56 Å². The monoisotopic (exact) mass is 249 g/mol. The predicted octanol–water partition coefficient (Wildman–Crippen LogP) is 1.70. The summed E-state index contributed by atoms with van der Waals surface area (Å²) in [4.78, 5) is 0. The molecule has 0 spiro atoms. The SMILES string of the molecule is CNC(C)c1nnnn1C(C)c1ccccc1F. The Labute approximate surface area is 105 Å². The number of tetrazole rings is 1. The Morgan fingerprint density at radius 2 is 2.00 bits per heavy atom. The van der Waals surface area contributed by atoms with Gasteiger partial charge in [-0.05, 0) is 37.4 Å². The molecule has 2 aromatic rings. The van der Waals surface area contributed by atoms with Gasteiger partial charge in [-0.3, -0.25) is 0 Å². The molecule has 2 rings (SSSR count). The van der Waals surface area contributed by atoms with E-state index in [-0.39, 0.29) is 17.9 Å². The highest BCUT2D eigenvalue weighted by Gasteiger charge is 2.20. The van der Waals surface area contributed by atoms with Crippen LogP contribution < -0.4 is 5.32 Å². The summed E-state index contributed by atoms with van der Waals surface area (Å²) >= 11 is 0. The number of nitrogens with zero attached hydrogens (tertiary/aromatic N) is 4. The van der Waals surface area contributed by atoms with Crippen LogP contribution in [0, 0.1) is 5.82 Å². The highest BCUT2D eigenvalue weighted by Crippen LogP contribution is 2.22. The molecular formula is C12H16FN5. The van der Waals surface area contributed by atoms with Crippen LogP contribution in [0.1, 0.15) is 37.3 Å². The largest absolute Gasteiger partial charge is 0.311 e. The molecular weight excluding hydrogens is 233 g/mol. The van der Waals surface area contributed by atoms with Crippen LogP contribution in [0.4, 0.5) is 4.39 Å². The third-order valence-corrected chi connectivity index (χ3v) is 3.06. The van der Waals surface area contributed by atoms with Gasteiger partial charge in [-0.15, -0.1) is 5.10 Å². The summed E-state index contributed by atoms with van der Waals surface area (Å²) in [5.74, 6) is 0.441. The lowest BCUT2D eigenvalue weighted by molar-refractivity contribution is 0.465. The number of nitrogens with one attached hydrogen (secondary N) is 1. The van der Waals surface area contributed by atoms with Gasteiger partial charge in [0.2, 0.25) is 0 Å². The molecule has 2 unspecified atom stereocenters. The average Bonchev–Trinajstić information content (AvgIpc) is 2.86. The summed E-state index contributed by atoms with van der Waals surface area (Å²) in [7, 11) is 1.83. The molecule has 0 aliphatic carbocycles. The van der Waals surface area contributed by atoms with Crippen LogP contribution in [-0.2, 0) is 0 Å². The molecule has 0 fully saturated rings. The smallest absolute Gasteiger partial charge is 0.168 e. The second kappa shape index (κ2) is 5.22.